The molecule has 0 saturated carbocycles. The molecule has 1 aromatic heterocycles. The molecule has 0 amide bonds. The maximum Gasteiger partial charge on any atom is 0.413 e. The van der Waals surface area contributed by atoms with Crippen LogP contribution < -0.4 is 5.48 Å². The molecule has 0 aromatic carbocycles. The highest BCUT2D eigenvalue weighted by Crippen LogP contribution is 2.24. The Hall–Kier alpha value is -0.300. The van der Waals surface area contributed by atoms with Gasteiger partial charge in [-0.25, -0.2) is 0 Å². The first-order valence-corrected chi connectivity index (χ1v) is 5.32. The van der Waals surface area contributed by atoms with Crippen LogP contribution in [0.25, 0.3) is 0 Å². The number of hydroxylamine groups is 1. The van der Waals surface area contributed by atoms with E-state index in [0.29, 0.717) is 4.34 Å². The summed E-state index contributed by atoms with van der Waals surface area (Å²) in [5, 5.41) is 1.76. The van der Waals surface area contributed by atoms with Gasteiger partial charge in [-0.2, -0.15) is 18.7 Å². The van der Waals surface area contributed by atoms with Crippen molar-refractivity contribution in [1.82, 2.24) is 5.48 Å². The van der Waals surface area contributed by atoms with Crippen molar-refractivity contribution in [2.24, 2.45) is 0 Å². The third-order valence-electron chi connectivity index (χ3n) is 1.58. The predicted molar refractivity (Wildman–Crippen MR) is 52.9 cm³/mol. The van der Waals surface area contributed by atoms with Crippen molar-refractivity contribution in [3.63, 3.8) is 0 Å². The van der Waals surface area contributed by atoms with Gasteiger partial charge < -0.3 is 0 Å². The summed E-state index contributed by atoms with van der Waals surface area (Å²) in [7, 11) is 0. The number of hydrogen-bond donors (Lipinski definition) is 1. The predicted octanol–water partition coefficient (Wildman–Crippen LogP) is 3.55. The van der Waals surface area contributed by atoms with Crippen molar-refractivity contribution < 1.29 is 18.0 Å². The van der Waals surface area contributed by atoms with Crippen molar-refractivity contribution in [3.05, 3.63) is 21.3 Å². The third kappa shape index (κ3) is 4.83. The van der Waals surface area contributed by atoms with Gasteiger partial charge in [-0.1, -0.05) is 11.6 Å². The fourth-order valence-electron chi connectivity index (χ4n) is 0.867. The van der Waals surface area contributed by atoms with Gasteiger partial charge in [0.05, 0.1) is 10.4 Å². The monoisotopic (exact) mass is 259 g/mol. The van der Waals surface area contributed by atoms with Gasteiger partial charge in [-0.3, -0.25) is 4.84 Å². The summed E-state index contributed by atoms with van der Waals surface area (Å²) in [6.07, 6.45) is -4.32. The van der Waals surface area contributed by atoms with Crippen molar-refractivity contribution in [2.75, 3.05) is 6.61 Å². The molecule has 0 aliphatic carbocycles. The van der Waals surface area contributed by atoms with Crippen molar-refractivity contribution in [1.29, 1.82) is 0 Å². The van der Waals surface area contributed by atoms with Crippen LogP contribution in [0.1, 0.15) is 18.5 Å². The summed E-state index contributed by atoms with van der Waals surface area (Å²) >= 11 is 7.00. The quantitative estimate of drug-likeness (QED) is 0.835. The van der Waals surface area contributed by atoms with Gasteiger partial charge in [0, 0.05) is 0 Å². The topological polar surface area (TPSA) is 21.3 Å². The van der Waals surface area contributed by atoms with Crippen LogP contribution in [0, 0.1) is 0 Å². The molecule has 2 nitrogen and oxygen atoms in total. The minimum atomic E-state index is -4.32. The fraction of sp³-hybridized carbons (Fsp3) is 0.500. The standard InChI is InChI=1S/C8H9ClF3NOS/c1-5(6-2-7(9)15-3-6)13-14-4-8(10,11)12/h2-3,5,13H,4H2,1H3. The number of thiophene rings is 1. The summed E-state index contributed by atoms with van der Waals surface area (Å²) in [6, 6.07) is 1.36. The summed E-state index contributed by atoms with van der Waals surface area (Å²) in [5.41, 5.74) is 3.10. The molecule has 1 aromatic rings. The fourth-order valence-corrected chi connectivity index (χ4v) is 1.85. The number of halogens is 4. The van der Waals surface area contributed by atoms with E-state index in [0.717, 1.165) is 5.56 Å². The molecule has 1 heterocycles. The van der Waals surface area contributed by atoms with Crippen molar-refractivity contribution in [2.45, 2.75) is 19.1 Å². The average molecular weight is 260 g/mol. The molecule has 1 N–H and O–H groups in total. The van der Waals surface area contributed by atoms with Crippen LogP contribution >= 0.6 is 22.9 Å². The van der Waals surface area contributed by atoms with Gasteiger partial charge in [0.25, 0.3) is 0 Å². The van der Waals surface area contributed by atoms with Crippen molar-refractivity contribution >= 4 is 22.9 Å². The Bertz CT molecular complexity index is 315. The van der Waals surface area contributed by atoms with Gasteiger partial charge in [0.1, 0.15) is 0 Å². The maximum absolute atomic E-state index is 11.7. The van der Waals surface area contributed by atoms with Gasteiger partial charge in [0.15, 0.2) is 6.61 Å². The highest BCUT2D eigenvalue weighted by Gasteiger charge is 2.28. The molecule has 0 aliphatic heterocycles. The molecule has 0 radical (unpaired) electrons. The van der Waals surface area contributed by atoms with E-state index in [4.69, 9.17) is 11.6 Å². The molecular formula is C8H9ClF3NOS. The molecule has 0 aliphatic rings. The number of hydrogen-bond acceptors (Lipinski definition) is 3. The van der Waals surface area contributed by atoms with Gasteiger partial charge in [-0.05, 0) is 23.9 Å². The molecule has 0 saturated heterocycles. The Morgan fingerprint density at radius 1 is 1.60 bits per heavy atom. The van der Waals surface area contributed by atoms with E-state index in [9.17, 15) is 13.2 Å². The molecule has 1 atom stereocenters. The first-order valence-electron chi connectivity index (χ1n) is 4.06. The van der Waals surface area contributed by atoms with Crippen LogP contribution in [0.15, 0.2) is 11.4 Å². The first kappa shape index (κ1) is 12.8. The Balaban J connectivity index is 2.34. The molecule has 7 heteroatoms. The summed E-state index contributed by atoms with van der Waals surface area (Å²) in [5.74, 6) is 0. The lowest BCUT2D eigenvalue weighted by Gasteiger charge is -2.13. The van der Waals surface area contributed by atoms with Gasteiger partial charge >= 0.3 is 6.18 Å². The molecule has 0 fully saturated rings. The molecule has 86 valence electrons. The van der Waals surface area contributed by atoms with E-state index in [2.05, 4.69) is 10.3 Å². The molecular weight excluding hydrogens is 251 g/mol. The Morgan fingerprint density at radius 3 is 2.73 bits per heavy atom. The highest BCUT2D eigenvalue weighted by atomic mass is 35.5. The lowest BCUT2D eigenvalue weighted by molar-refractivity contribution is -0.192. The Morgan fingerprint density at radius 2 is 2.27 bits per heavy atom. The van der Waals surface area contributed by atoms with Crippen LogP contribution in [0.4, 0.5) is 13.2 Å². The third-order valence-corrected chi connectivity index (χ3v) is 2.69. The minimum absolute atomic E-state index is 0.323. The zero-order valence-corrected chi connectivity index (χ0v) is 9.34. The second-order valence-electron chi connectivity index (χ2n) is 2.93. The van der Waals surface area contributed by atoms with Crippen LogP contribution in [-0.2, 0) is 4.84 Å². The molecule has 1 unspecified atom stereocenters. The molecule has 0 bridgehead atoms. The maximum atomic E-state index is 11.7. The smallest absolute Gasteiger partial charge is 0.292 e. The van der Waals surface area contributed by atoms with Gasteiger partial charge in [-0.15, -0.1) is 11.3 Å². The summed E-state index contributed by atoms with van der Waals surface area (Å²) < 4.78 is 35.8. The second kappa shape index (κ2) is 5.16. The van der Waals surface area contributed by atoms with Crippen molar-refractivity contribution in [3.8, 4) is 0 Å². The van der Waals surface area contributed by atoms with Crippen LogP contribution in [0.3, 0.4) is 0 Å². The van der Waals surface area contributed by atoms with E-state index in [1.54, 1.807) is 18.4 Å². The Labute approximate surface area is 93.9 Å². The number of nitrogens with one attached hydrogen (secondary N) is 1. The second-order valence-corrected chi connectivity index (χ2v) is 4.47. The van der Waals surface area contributed by atoms with Gasteiger partial charge in [0.2, 0.25) is 0 Å². The summed E-state index contributed by atoms with van der Waals surface area (Å²) in [4.78, 5) is 4.31. The van der Waals surface area contributed by atoms with Crippen LogP contribution in [-0.4, -0.2) is 12.8 Å². The van der Waals surface area contributed by atoms with E-state index in [1.165, 1.54) is 11.3 Å². The SMILES string of the molecule is CC(NOCC(F)(F)F)c1csc(Cl)c1. The zero-order valence-electron chi connectivity index (χ0n) is 7.77. The number of rotatable bonds is 4. The first-order chi connectivity index (χ1) is 6.88. The minimum Gasteiger partial charge on any atom is -0.292 e. The zero-order chi connectivity index (χ0) is 11.5. The highest BCUT2D eigenvalue weighted by molar-refractivity contribution is 7.14. The average Bonchev–Trinajstić information content (AvgIpc) is 2.49. The van der Waals surface area contributed by atoms with E-state index in [-0.39, 0.29) is 6.04 Å². The largest absolute Gasteiger partial charge is 0.413 e. The van der Waals surface area contributed by atoms with E-state index in [1.807, 2.05) is 0 Å². The normalized spacial score (nSPS) is 14.2. The molecule has 0 spiro atoms. The Kier molecular flexibility index (Phi) is 4.39. The van der Waals surface area contributed by atoms with Crippen LogP contribution in [0.5, 0.6) is 0 Å². The summed E-state index contributed by atoms with van der Waals surface area (Å²) in [6.45, 7) is 0.379. The lowest BCUT2D eigenvalue weighted by Crippen LogP contribution is -2.26. The molecule has 15 heavy (non-hydrogen) atoms. The number of alkyl halides is 3. The van der Waals surface area contributed by atoms with Crippen LogP contribution in [0.2, 0.25) is 4.34 Å². The molecule has 1 rings (SSSR count). The van der Waals surface area contributed by atoms with E-state index >= 15 is 0 Å². The lowest BCUT2D eigenvalue weighted by atomic mass is 10.2. The van der Waals surface area contributed by atoms with E-state index < -0.39 is 12.8 Å².